The molecule has 0 saturated heterocycles. The van der Waals surface area contributed by atoms with Crippen molar-refractivity contribution in [1.82, 2.24) is 0 Å². The van der Waals surface area contributed by atoms with Gasteiger partial charge >= 0.3 is 0 Å². The first-order chi connectivity index (χ1) is 10.1. The van der Waals surface area contributed by atoms with Crippen molar-refractivity contribution in [2.45, 2.75) is 44.6 Å². The van der Waals surface area contributed by atoms with Crippen molar-refractivity contribution < 1.29 is 4.39 Å². The zero-order valence-electron chi connectivity index (χ0n) is 11.9. The lowest BCUT2D eigenvalue weighted by Crippen LogP contribution is -2.12. The maximum Gasteiger partial charge on any atom is 0.126 e. The molecule has 1 unspecified atom stereocenters. The van der Waals surface area contributed by atoms with Crippen LogP contribution in [0.3, 0.4) is 0 Å². The summed E-state index contributed by atoms with van der Waals surface area (Å²) in [4.78, 5) is 2.64. The van der Waals surface area contributed by atoms with Gasteiger partial charge in [-0.15, -0.1) is 11.3 Å². The van der Waals surface area contributed by atoms with Gasteiger partial charge in [0.15, 0.2) is 0 Å². The van der Waals surface area contributed by atoms with Gasteiger partial charge in [0.05, 0.1) is 0 Å². The number of aryl methyl sites for hydroxylation is 2. The molecule has 0 fully saturated rings. The summed E-state index contributed by atoms with van der Waals surface area (Å²) in [7, 11) is 0. The number of thiophene rings is 1. The van der Waals surface area contributed by atoms with Crippen LogP contribution in [0, 0.1) is 5.82 Å². The van der Waals surface area contributed by atoms with E-state index in [9.17, 15) is 4.39 Å². The highest BCUT2D eigenvalue weighted by molar-refractivity contribution is 7.12. The number of nitrogens with two attached hydrogens (primary N) is 1. The Morgan fingerprint density at radius 1 is 1.19 bits per heavy atom. The predicted molar refractivity (Wildman–Crippen MR) is 87.6 cm³/mol. The van der Waals surface area contributed by atoms with Gasteiger partial charge in [0, 0.05) is 20.8 Å². The van der Waals surface area contributed by atoms with Crippen molar-refractivity contribution in [1.29, 1.82) is 0 Å². The topological polar surface area (TPSA) is 26.0 Å². The van der Waals surface area contributed by atoms with E-state index in [4.69, 9.17) is 17.3 Å². The Morgan fingerprint density at radius 3 is 2.86 bits per heavy atom. The number of rotatable bonds is 3. The summed E-state index contributed by atoms with van der Waals surface area (Å²) in [5.74, 6) is -0.229. The SMILES string of the molecule is NC(Cc1cc(Cl)ccc1F)c1cc2c(s1)CCCCC2. The molecule has 3 rings (SSSR count). The van der Waals surface area contributed by atoms with Gasteiger partial charge in [-0.1, -0.05) is 18.0 Å². The van der Waals surface area contributed by atoms with Crippen LogP contribution in [0.2, 0.25) is 5.02 Å². The zero-order chi connectivity index (χ0) is 14.8. The molecule has 1 heterocycles. The quantitative estimate of drug-likeness (QED) is 0.786. The van der Waals surface area contributed by atoms with Gasteiger partial charge in [0.25, 0.3) is 0 Å². The highest BCUT2D eigenvalue weighted by atomic mass is 35.5. The molecule has 2 aromatic rings. The van der Waals surface area contributed by atoms with Crippen LogP contribution < -0.4 is 5.73 Å². The summed E-state index contributed by atoms with van der Waals surface area (Å²) in [6.45, 7) is 0. The van der Waals surface area contributed by atoms with Crippen molar-refractivity contribution in [3.05, 3.63) is 56.0 Å². The lowest BCUT2D eigenvalue weighted by molar-refractivity contribution is 0.595. The van der Waals surface area contributed by atoms with Crippen molar-refractivity contribution in [2.75, 3.05) is 0 Å². The van der Waals surface area contributed by atoms with Crippen LogP contribution in [0.4, 0.5) is 4.39 Å². The van der Waals surface area contributed by atoms with Gasteiger partial charge in [0.2, 0.25) is 0 Å². The Bertz CT molecular complexity index is 614. The predicted octanol–water partition coefficient (Wildman–Crippen LogP) is 5.05. The van der Waals surface area contributed by atoms with Crippen molar-refractivity contribution in [3.63, 3.8) is 0 Å². The molecule has 0 aliphatic heterocycles. The minimum Gasteiger partial charge on any atom is -0.323 e. The first-order valence-electron chi connectivity index (χ1n) is 7.44. The van der Waals surface area contributed by atoms with E-state index in [2.05, 4.69) is 6.07 Å². The second kappa shape index (κ2) is 6.47. The lowest BCUT2D eigenvalue weighted by atomic mass is 10.0. The van der Waals surface area contributed by atoms with E-state index in [1.165, 1.54) is 40.6 Å². The second-order valence-corrected chi connectivity index (χ2v) is 7.31. The molecule has 0 amide bonds. The third kappa shape index (κ3) is 3.47. The molecular formula is C17H19ClFNS. The van der Waals surface area contributed by atoms with Crippen LogP contribution in [-0.4, -0.2) is 0 Å². The molecule has 0 spiro atoms. The molecular weight excluding hydrogens is 305 g/mol. The highest BCUT2D eigenvalue weighted by Gasteiger charge is 2.17. The van der Waals surface area contributed by atoms with Crippen LogP contribution in [-0.2, 0) is 19.3 Å². The Morgan fingerprint density at radius 2 is 2.00 bits per heavy atom. The molecule has 1 aliphatic rings. The number of hydrogen-bond donors (Lipinski definition) is 1. The van der Waals surface area contributed by atoms with Crippen molar-refractivity contribution >= 4 is 22.9 Å². The first-order valence-corrected chi connectivity index (χ1v) is 8.64. The third-order valence-electron chi connectivity index (χ3n) is 4.08. The summed E-state index contributed by atoms with van der Waals surface area (Å²) < 4.78 is 13.8. The van der Waals surface area contributed by atoms with E-state index in [1.54, 1.807) is 23.5 Å². The zero-order valence-corrected chi connectivity index (χ0v) is 13.4. The number of hydrogen-bond acceptors (Lipinski definition) is 2. The molecule has 1 aromatic heterocycles. The summed E-state index contributed by atoms with van der Waals surface area (Å²) in [5, 5.41) is 0.556. The van der Waals surface area contributed by atoms with E-state index >= 15 is 0 Å². The van der Waals surface area contributed by atoms with E-state index in [1.807, 2.05) is 0 Å². The summed E-state index contributed by atoms with van der Waals surface area (Å²) in [6.07, 6.45) is 6.66. The first kappa shape index (κ1) is 15.0. The van der Waals surface area contributed by atoms with Crippen molar-refractivity contribution in [2.24, 2.45) is 5.73 Å². The molecule has 0 saturated carbocycles. The van der Waals surface area contributed by atoms with Gasteiger partial charge in [-0.3, -0.25) is 0 Å². The van der Waals surface area contributed by atoms with Gasteiger partial charge in [-0.25, -0.2) is 4.39 Å². The van der Waals surface area contributed by atoms with Gasteiger partial charge < -0.3 is 5.73 Å². The van der Waals surface area contributed by atoms with E-state index in [-0.39, 0.29) is 11.9 Å². The number of fused-ring (bicyclic) bond motifs is 1. The fourth-order valence-corrected chi connectivity index (χ4v) is 4.36. The van der Waals surface area contributed by atoms with Crippen LogP contribution >= 0.6 is 22.9 Å². The molecule has 1 aliphatic carbocycles. The van der Waals surface area contributed by atoms with Gasteiger partial charge in [-0.2, -0.15) is 0 Å². The molecule has 0 bridgehead atoms. The molecule has 21 heavy (non-hydrogen) atoms. The monoisotopic (exact) mass is 323 g/mol. The summed E-state index contributed by atoms with van der Waals surface area (Å²) in [6, 6.07) is 6.73. The molecule has 1 atom stereocenters. The van der Waals surface area contributed by atoms with E-state index in [0.717, 1.165) is 12.8 Å². The molecule has 1 nitrogen and oxygen atoms in total. The Hall–Kier alpha value is -0.900. The fourth-order valence-electron chi connectivity index (χ4n) is 2.91. The van der Waals surface area contributed by atoms with Crippen molar-refractivity contribution in [3.8, 4) is 0 Å². The Balaban J connectivity index is 1.79. The Labute approximate surface area is 133 Å². The minimum absolute atomic E-state index is 0.158. The molecule has 2 N–H and O–H groups in total. The fraction of sp³-hybridized carbons (Fsp3) is 0.412. The standard InChI is InChI=1S/C17H19ClFNS/c18-13-6-7-14(19)12(8-13)9-15(20)17-10-11-4-2-1-3-5-16(11)21-17/h6-8,10,15H,1-5,9,20H2. The molecule has 1 aromatic carbocycles. The summed E-state index contributed by atoms with van der Waals surface area (Å²) >= 11 is 7.75. The molecule has 112 valence electrons. The highest BCUT2D eigenvalue weighted by Crippen LogP contribution is 2.33. The average molecular weight is 324 g/mol. The minimum atomic E-state index is -0.229. The largest absolute Gasteiger partial charge is 0.323 e. The average Bonchev–Trinajstić information content (AvgIpc) is 2.74. The second-order valence-electron chi connectivity index (χ2n) is 5.70. The van der Waals surface area contributed by atoms with Crippen LogP contribution in [0.25, 0.3) is 0 Å². The van der Waals surface area contributed by atoms with Crippen LogP contribution in [0.15, 0.2) is 24.3 Å². The van der Waals surface area contributed by atoms with Crippen LogP contribution in [0.5, 0.6) is 0 Å². The molecule has 4 heteroatoms. The maximum atomic E-state index is 13.8. The lowest BCUT2D eigenvalue weighted by Gasteiger charge is -2.11. The number of benzene rings is 1. The van der Waals surface area contributed by atoms with E-state index in [0.29, 0.717) is 17.0 Å². The Kier molecular flexibility index (Phi) is 4.63. The van der Waals surface area contributed by atoms with Gasteiger partial charge in [-0.05, 0) is 67.5 Å². The smallest absolute Gasteiger partial charge is 0.126 e. The normalized spacial score (nSPS) is 16.3. The molecule has 0 radical (unpaired) electrons. The summed E-state index contributed by atoms with van der Waals surface area (Å²) in [5.41, 5.74) is 8.35. The van der Waals surface area contributed by atoms with Gasteiger partial charge in [0.1, 0.15) is 5.82 Å². The number of halogens is 2. The third-order valence-corrected chi connectivity index (χ3v) is 5.68. The van der Waals surface area contributed by atoms with Crippen LogP contribution in [0.1, 0.15) is 46.2 Å². The maximum absolute atomic E-state index is 13.8. The van der Waals surface area contributed by atoms with E-state index < -0.39 is 0 Å².